The summed E-state index contributed by atoms with van der Waals surface area (Å²) in [6.45, 7) is 9.86. The molecule has 5 nitrogen and oxygen atoms in total. The Hall–Kier alpha value is -0.860. The number of ether oxygens (including phenoxy) is 1. The molecule has 0 saturated carbocycles. The van der Waals surface area contributed by atoms with Crippen LogP contribution in [-0.4, -0.2) is 37.8 Å². The average Bonchev–Trinajstić information content (AvgIpc) is 2.59. The molecule has 0 radical (unpaired) electrons. The largest absolute Gasteiger partial charge is 0.383 e. The number of hydrogen-bond acceptors (Lipinski definition) is 3. The maximum absolute atomic E-state index is 6.02. The zero-order valence-corrected chi connectivity index (χ0v) is 18.5. The summed E-state index contributed by atoms with van der Waals surface area (Å²) in [4.78, 5) is 4.57. The highest BCUT2D eigenvalue weighted by molar-refractivity contribution is 14.0. The molecule has 0 aromatic heterocycles. The third-order valence-corrected chi connectivity index (χ3v) is 4.54. The topological polar surface area (TPSA) is 71.7 Å². The van der Waals surface area contributed by atoms with Crippen molar-refractivity contribution in [3.05, 3.63) is 35.9 Å². The smallest absolute Gasteiger partial charge is 0.188 e. The van der Waals surface area contributed by atoms with Crippen LogP contribution < -0.4 is 16.4 Å². The lowest BCUT2D eigenvalue weighted by molar-refractivity contribution is 0.179. The van der Waals surface area contributed by atoms with E-state index < -0.39 is 0 Å². The lowest BCUT2D eigenvalue weighted by Gasteiger charge is -2.35. The van der Waals surface area contributed by atoms with E-state index in [1.165, 1.54) is 5.56 Å². The van der Waals surface area contributed by atoms with E-state index in [1.54, 1.807) is 7.11 Å². The molecule has 1 rings (SSSR count). The number of hydrogen-bond donors (Lipinski definition) is 3. The minimum atomic E-state index is -0.0634. The molecule has 2 unspecified atom stereocenters. The van der Waals surface area contributed by atoms with Crippen molar-refractivity contribution in [2.24, 2.45) is 10.7 Å². The summed E-state index contributed by atoms with van der Waals surface area (Å²) in [6, 6.07) is 10.9. The van der Waals surface area contributed by atoms with Gasteiger partial charge in [-0.3, -0.25) is 4.99 Å². The molecule has 25 heavy (non-hydrogen) atoms. The van der Waals surface area contributed by atoms with Gasteiger partial charge in [-0.1, -0.05) is 44.2 Å². The highest BCUT2D eigenvalue weighted by atomic mass is 127. The fraction of sp³-hybridized carbons (Fsp3) is 0.632. The summed E-state index contributed by atoms with van der Waals surface area (Å²) in [5, 5.41) is 6.93. The van der Waals surface area contributed by atoms with Crippen LogP contribution in [0.3, 0.4) is 0 Å². The SMILES string of the molecule is CCC(CC)(CN=C(N)NC(C)COC)NC(C)c1ccccc1.I. The number of guanidine groups is 1. The van der Waals surface area contributed by atoms with Crippen molar-refractivity contribution in [2.75, 3.05) is 20.3 Å². The molecule has 0 heterocycles. The van der Waals surface area contributed by atoms with Gasteiger partial charge >= 0.3 is 0 Å². The molecule has 0 bridgehead atoms. The first-order chi connectivity index (χ1) is 11.5. The molecule has 0 aliphatic carbocycles. The fourth-order valence-corrected chi connectivity index (χ4v) is 2.83. The molecule has 2 atom stereocenters. The second-order valence-corrected chi connectivity index (χ2v) is 6.47. The van der Waals surface area contributed by atoms with Crippen molar-refractivity contribution >= 4 is 29.9 Å². The molecule has 0 fully saturated rings. The van der Waals surface area contributed by atoms with Gasteiger partial charge in [0, 0.05) is 24.7 Å². The Morgan fingerprint density at radius 3 is 2.32 bits per heavy atom. The molecule has 0 aliphatic rings. The van der Waals surface area contributed by atoms with E-state index in [2.05, 4.69) is 60.7 Å². The fourth-order valence-electron chi connectivity index (χ4n) is 2.83. The first-order valence-electron chi connectivity index (χ1n) is 8.84. The van der Waals surface area contributed by atoms with E-state index >= 15 is 0 Å². The van der Waals surface area contributed by atoms with Crippen LogP contribution in [-0.2, 0) is 4.74 Å². The van der Waals surface area contributed by atoms with Crippen LogP contribution in [0.2, 0.25) is 0 Å². The summed E-state index contributed by atoms with van der Waals surface area (Å²) in [6.07, 6.45) is 1.98. The maximum Gasteiger partial charge on any atom is 0.188 e. The average molecular weight is 462 g/mol. The Labute approximate surface area is 170 Å². The molecule has 6 heteroatoms. The van der Waals surface area contributed by atoms with E-state index in [9.17, 15) is 0 Å². The van der Waals surface area contributed by atoms with Crippen LogP contribution in [0, 0.1) is 0 Å². The molecule has 4 N–H and O–H groups in total. The maximum atomic E-state index is 6.02. The van der Waals surface area contributed by atoms with E-state index in [4.69, 9.17) is 10.5 Å². The summed E-state index contributed by atoms with van der Waals surface area (Å²) >= 11 is 0. The van der Waals surface area contributed by atoms with E-state index in [1.807, 2.05) is 13.0 Å². The van der Waals surface area contributed by atoms with Crippen molar-refractivity contribution in [1.29, 1.82) is 0 Å². The van der Waals surface area contributed by atoms with Gasteiger partial charge in [0.2, 0.25) is 0 Å². The van der Waals surface area contributed by atoms with Gasteiger partial charge < -0.3 is 21.1 Å². The Balaban J connectivity index is 0.00000576. The summed E-state index contributed by atoms with van der Waals surface area (Å²) < 4.78 is 5.11. The summed E-state index contributed by atoms with van der Waals surface area (Å²) in [5.74, 6) is 0.472. The first kappa shape index (κ1) is 24.1. The van der Waals surface area contributed by atoms with Gasteiger partial charge in [-0.25, -0.2) is 0 Å². The highest BCUT2D eigenvalue weighted by Gasteiger charge is 2.28. The molecular weight excluding hydrogens is 427 g/mol. The third-order valence-electron chi connectivity index (χ3n) is 4.54. The second-order valence-electron chi connectivity index (χ2n) is 6.47. The number of nitrogens with zero attached hydrogens (tertiary/aromatic N) is 1. The van der Waals surface area contributed by atoms with Crippen LogP contribution in [0.4, 0.5) is 0 Å². The number of methoxy groups -OCH3 is 1. The lowest BCUT2D eigenvalue weighted by Crippen LogP contribution is -2.49. The van der Waals surface area contributed by atoms with Crippen molar-refractivity contribution in [3.8, 4) is 0 Å². The number of benzene rings is 1. The standard InChI is InChI=1S/C19H34N4O.HI/c1-6-19(7-2,14-21-18(20)22-15(3)13-24-5)23-16(4)17-11-9-8-10-12-17;/h8-12,15-16,23H,6-7,13-14H2,1-5H3,(H3,20,21,22);1H. The molecular formula is C19H35IN4O. The number of halogens is 1. The van der Waals surface area contributed by atoms with E-state index in [0.717, 1.165) is 12.8 Å². The molecule has 0 amide bonds. The highest BCUT2D eigenvalue weighted by Crippen LogP contribution is 2.22. The predicted octanol–water partition coefficient (Wildman–Crippen LogP) is 3.45. The van der Waals surface area contributed by atoms with E-state index in [0.29, 0.717) is 19.1 Å². The number of nitrogens with one attached hydrogen (secondary N) is 2. The van der Waals surface area contributed by atoms with Crippen molar-refractivity contribution in [1.82, 2.24) is 10.6 Å². The number of rotatable bonds is 10. The molecule has 0 spiro atoms. The van der Waals surface area contributed by atoms with Gasteiger partial charge in [-0.15, -0.1) is 24.0 Å². The summed E-state index contributed by atoms with van der Waals surface area (Å²) in [7, 11) is 1.68. The van der Waals surface area contributed by atoms with Crippen molar-refractivity contribution < 1.29 is 4.74 Å². The Kier molecular flexibility index (Phi) is 12.1. The Morgan fingerprint density at radius 1 is 1.20 bits per heavy atom. The summed E-state index contributed by atoms with van der Waals surface area (Å²) in [5.41, 5.74) is 7.24. The van der Waals surface area contributed by atoms with Crippen molar-refractivity contribution in [2.45, 2.75) is 58.2 Å². The van der Waals surface area contributed by atoms with Crippen LogP contribution in [0.1, 0.15) is 52.1 Å². The molecule has 1 aromatic carbocycles. The molecule has 1 aromatic rings. The second kappa shape index (κ2) is 12.5. The molecule has 0 saturated heterocycles. The quantitative estimate of drug-likeness (QED) is 0.283. The molecule has 0 aliphatic heterocycles. The predicted molar refractivity (Wildman–Crippen MR) is 118 cm³/mol. The third kappa shape index (κ3) is 8.37. The van der Waals surface area contributed by atoms with Crippen molar-refractivity contribution in [3.63, 3.8) is 0 Å². The monoisotopic (exact) mass is 462 g/mol. The van der Waals surface area contributed by atoms with Gasteiger partial charge in [-0.2, -0.15) is 0 Å². The first-order valence-corrected chi connectivity index (χ1v) is 8.84. The normalized spacial score (nSPS) is 14.5. The lowest BCUT2D eigenvalue weighted by atomic mass is 9.91. The van der Waals surface area contributed by atoms with Gasteiger partial charge in [0.05, 0.1) is 13.2 Å². The minimum absolute atomic E-state index is 0. The van der Waals surface area contributed by atoms with Gasteiger partial charge in [0.1, 0.15) is 0 Å². The number of nitrogens with two attached hydrogens (primary N) is 1. The van der Waals surface area contributed by atoms with Crippen LogP contribution in [0.25, 0.3) is 0 Å². The zero-order valence-electron chi connectivity index (χ0n) is 16.2. The van der Waals surface area contributed by atoms with Crippen LogP contribution in [0.15, 0.2) is 35.3 Å². The zero-order chi connectivity index (χ0) is 18.0. The van der Waals surface area contributed by atoms with Gasteiger partial charge in [0.15, 0.2) is 5.96 Å². The van der Waals surface area contributed by atoms with E-state index in [-0.39, 0.29) is 41.6 Å². The number of aliphatic imine (C=N–C) groups is 1. The van der Waals surface area contributed by atoms with Gasteiger partial charge in [-0.05, 0) is 32.3 Å². The Morgan fingerprint density at radius 2 is 1.80 bits per heavy atom. The molecule has 144 valence electrons. The van der Waals surface area contributed by atoms with Gasteiger partial charge in [0.25, 0.3) is 0 Å². The van der Waals surface area contributed by atoms with Crippen LogP contribution in [0.5, 0.6) is 0 Å². The Bertz CT molecular complexity index is 491. The minimum Gasteiger partial charge on any atom is -0.383 e. The van der Waals surface area contributed by atoms with Crippen LogP contribution >= 0.6 is 24.0 Å².